The normalized spacial score (nSPS) is 13.2. The Morgan fingerprint density at radius 1 is 1.04 bits per heavy atom. The lowest BCUT2D eigenvalue weighted by Crippen LogP contribution is -1.85. The van der Waals surface area contributed by atoms with Crippen LogP contribution in [0.25, 0.3) is 28.2 Å². The molecule has 0 aliphatic carbocycles. The number of fused-ring (bicyclic) bond motifs is 2. The molecule has 3 aromatic heterocycles. The molecule has 0 bridgehead atoms. The van der Waals surface area contributed by atoms with Gasteiger partial charge in [0.2, 0.25) is 0 Å². The molecule has 0 spiro atoms. The first-order valence-electron chi connectivity index (χ1n) is 8.25. The zero-order valence-electron chi connectivity index (χ0n) is 13.5. The van der Waals surface area contributed by atoms with Gasteiger partial charge < -0.3 is 18.7 Å². The zero-order valence-corrected chi connectivity index (χ0v) is 13.5. The van der Waals surface area contributed by atoms with Crippen molar-refractivity contribution < 1.29 is 14.3 Å². The van der Waals surface area contributed by atoms with Crippen molar-refractivity contribution in [3.8, 4) is 28.3 Å². The van der Waals surface area contributed by atoms with Crippen molar-refractivity contribution in [3.05, 3.63) is 66.2 Å². The van der Waals surface area contributed by atoms with E-state index in [1.54, 1.807) is 6.07 Å². The second kappa shape index (κ2) is 5.50. The summed E-state index contributed by atoms with van der Waals surface area (Å²) in [6, 6.07) is 13.8. The number of hydrogen-bond donors (Lipinski definition) is 1. The summed E-state index contributed by atoms with van der Waals surface area (Å²) in [6.07, 6.45) is 4.96. The smallest absolute Gasteiger partial charge is 0.137 e. The van der Waals surface area contributed by atoms with Crippen LogP contribution in [0.4, 0.5) is 0 Å². The van der Waals surface area contributed by atoms with Crippen molar-refractivity contribution in [2.45, 2.75) is 13.0 Å². The summed E-state index contributed by atoms with van der Waals surface area (Å²) in [5, 5.41) is 9.15. The highest BCUT2D eigenvalue weighted by molar-refractivity contribution is 5.67. The molecular formula is C20H16N2O3. The molecule has 5 nitrogen and oxygen atoms in total. The molecule has 1 N–H and O–H groups in total. The van der Waals surface area contributed by atoms with Gasteiger partial charge in [-0.05, 0) is 48.0 Å². The van der Waals surface area contributed by atoms with E-state index in [1.165, 1.54) is 5.56 Å². The summed E-state index contributed by atoms with van der Waals surface area (Å²) in [4.78, 5) is 4.72. The van der Waals surface area contributed by atoms with Gasteiger partial charge in [0, 0.05) is 29.9 Å². The molecule has 5 rings (SSSR count). The van der Waals surface area contributed by atoms with Gasteiger partial charge in [-0.25, -0.2) is 4.98 Å². The quantitative estimate of drug-likeness (QED) is 0.621. The van der Waals surface area contributed by atoms with Crippen LogP contribution in [-0.2, 0) is 13.0 Å². The Hall–Kier alpha value is -3.05. The highest BCUT2D eigenvalue weighted by Gasteiger charge is 2.14. The van der Waals surface area contributed by atoms with Crippen molar-refractivity contribution >= 4 is 5.65 Å². The summed E-state index contributed by atoms with van der Waals surface area (Å²) in [5.74, 6) is 2.27. The minimum Gasteiger partial charge on any atom is -0.493 e. The van der Waals surface area contributed by atoms with E-state index in [0.717, 1.165) is 47.0 Å². The van der Waals surface area contributed by atoms with Crippen LogP contribution >= 0.6 is 0 Å². The monoisotopic (exact) mass is 332 g/mol. The Morgan fingerprint density at radius 3 is 2.84 bits per heavy atom. The molecule has 0 saturated heterocycles. The third-order valence-electron chi connectivity index (χ3n) is 4.54. The Balaban J connectivity index is 1.55. The molecule has 5 heteroatoms. The van der Waals surface area contributed by atoms with Gasteiger partial charge >= 0.3 is 0 Å². The van der Waals surface area contributed by atoms with Gasteiger partial charge in [-0.1, -0.05) is 0 Å². The standard InChI is InChI=1S/C20H16N2O3/c23-12-16-3-5-19(25-16)15-2-6-20-21-17(11-22(20)10-15)13-1-4-18-14(9-13)7-8-24-18/h1-6,9-11,23H,7-8,12H2. The first-order chi connectivity index (χ1) is 12.3. The van der Waals surface area contributed by atoms with E-state index in [0.29, 0.717) is 5.76 Å². The summed E-state index contributed by atoms with van der Waals surface area (Å²) in [5.41, 5.74) is 5.09. The Morgan fingerprint density at radius 2 is 1.96 bits per heavy atom. The fourth-order valence-corrected chi connectivity index (χ4v) is 3.24. The largest absolute Gasteiger partial charge is 0.493 e. The van der Waals surface area contributed by atoms with Crippen molar-refractivity contribution in [1.29, 1.82) is 0 Å². The van der Waals surface area contributed by atoms with Crippen LogP contribution in [0.2, 0.25) is 0 Å². The van der Waals surface area contributed by atoms with Crippen molar-refractivity contribution in [3.63, 3.8) is 0 Å². The Kier molecular flexibility index (Phi) is 3.15. The van der Waals surface area contributed by atoms with Crippen LogP contribution in [0.1, 0.15) is 11.3 Å². The molecule has 0 amide bonds. The lowest BCUT2D eigenvalue weighted by molar-refractivity contribution is 0.248. The fraction of sp³-hybridized carbons (Fsp3) is 0.150. The zero-order chi connectivity index (χ0) is 16.8. The maximum atomic E-state index is 9.15. The van der Waals surface area contributed by atoms with Crippen LogP contribution in [0.3, 0.4) is 0 Å². The summed E-state index contributed by atoms with van der Waals surface area (Å²) in [6.45, 7) is 0.659. The van der Waals surface area contributed by atoms with E-state index in [9.17, 15) is 0 Å². The number of aliphatic hydroxyl groups is 1. The van der Waals surface area contributed by atoms with Gasteiger partial charge in [0.1, 0.15) is 29.5 Å². The van der Waals surface area contributed by atoms with E-state index in [2.05, 4.69) is 6.07 Å². The van der Waals surface area contributed by atoms with Crippen molar-refractivity contribution in [2.24, 2.45) is 0 Å². The SMILES string of the molecule is OCc1ccc(-c2ccc3nc(-c4ccc5c(c4)CCO5)cn3c2)o1. The van der Waals surface area contributed by atoms with Crippen LogP contribution in [0, 0.1) is 0 Å². The fourth-order valence-electron chi connectivity index (χ4n) is 3.24. The van der Waals surface area contributed by atoms with Gasteiger partial charge in [-0.3, -0.25) is 0 Å². The average molecular weight is 332 g/mol. The predicted octanol–water partition coefficient (Wildman–Crippen LogP) is 3.69. The van der Waals surface area contributed by atoms with Crippen molar-refractivity contribution in [2.75, 3.05) is 6.61 Å². The first kappa shape index (κ1) is 14.3. The van der Waals surface area contributed by atoms with E-state index < -0.39 is 0 Å². The number of aromatic nitrogens is 2. The summed E-state index contributed by atoms with van der Waals surface area (Å²) in [7, 11) is 0. The third-order valence-corrected chi connectivity index (χ3v) is 4.54. The number of pyridine rings is 1. The third kappa shape index (κ3) is 2.40. The number of hydrogen-bond acceptors (Lipinski definition) is 4. The van der Waals surface area contributed by atoms with Crippen LogP contribution in [0.5, 0.6) is 5.75 Å². The highest BCUT2D eigenvalue weighted by Crippen LogP contribution is 2.31. The molecular weight excluding hydrogens is 316 g/mol. The number of furan rings is 1. The molecule has 124 valence electrons. The minimum atomic E-state index is -0.0977. The van der Waals surface area contributed by atoms with E-state index >= 15 is 0 Å². The van der Waals surface area contributed by atoms with E-state index in [4.69, 9.17) is 19.2 Å². The second-order valence-electron chi connectivity index (χ2n) is 6.15. The number of benzene rings is 1. The Bertz CT molecular complexity index is 1080. The Labute approximate surface area is 144 Å². The lowest BCUT2D eigenvalue weighted by atomic mass is 10.1. The molecule has 0 fully saturated rings. The number of aliphatic hydroxyl groups excluding tert-OH is 1. The number of nitrogens with zero attached hydrogens (tertiary/aromatic N) is 2. The molecule has 25 heavy (non-hydrogen) atoms. The molecule has 0 atom stereocenters. The molecule has 0 saturated carbocycles. The summed E-state index contributed by atoms with van der Waals surface area (Å²) >= 11 is 0. The van der Waals surface area contributed by atoms with Gasteiger partial charge in [0.25, 0.3) is 0 Å². The average Bonchev–Trinajstić information content (AvgIpc) is 3.37. The molecule has 0 radical (unpaired) electrons. The van der Waals surface area contributed by atoms with Crippen LogP contribution < -0.4 is 4.74 Å². The lowest BCUT2D eigenvalue weighted by Gasteiger charge is -2.00. The van der Waals surface area contributed by atoms with E-state index in [1.807, 2.05) is 47.1 Å². The number of rotatable bonds is 3. The first-order valence-corrected chi connectivity index (χ1v) is 8.25. The second-order valence-corrected chi connectivity index (χ2v) is 6.15. The van der Waals surface area contributed by atoms with Crippen molar-refractivity contribution in [1.82, 2.24) is 9.38 Å². The van der Waals surface area contributed by atoms with E-state index in [-0.39, 0.29) is 6.61 Å². The molecule has 0 unspecified atom stereocenters. The van der Waals surface area contributed by atoms with Gasteiger partial charge in [0.05, 0.1) is 12.3 Å². The van der Waals surface area contributed by atoms with Gasteiger partial charge in [-0.2, -0.15) is 0 Å². The topological polar surface area (TPSA) is 59.9 Å². The predicted molar refractivity (Wildman–Crippen MR) is 93.5 cm³/mol. The molecule has 4 aromatic rings. The van der Waals surface area contributed by atoms with Gasteiger partial charge in [-0.15, -0.1) is 0 Å². The van der Waals surface area contributed by atoms with Gasteiger partial charge in [0.15, 0.2) is 0 Å². The highest BCUT2D eigenvalue weighted by atomic mass is 16.5. The minimum absolute atomic E-state index is 0.0977. The van der Waals surface area contributed by atoms with Crippen LogP contribution in [-0.4, -0.2) is 21.1 Å². The molecule has 1 aromatic carbocycles. The molecule has 1 aliphatic rings. The molecule has 4 heterocycles. The maximum Gasteiger partial charge on any atom is 0.137 e. The maximum absolute atomic E-state index is 9.15. The molecule has 1 aliphatic heterocycles. The summed E-state index contributed by atoms with van der Waals surface area (Å²) < 4.78 is 13.2. The number of imidazole rings is 1. The number of ether oxygens (including phenoxy) is 1. The van der Waals surface area contributed by atoms with Crippen LogP contribution in [0.15, 0.2) is 59.3 Å².